The van der Waals surface area contributed by atoms with Crippen molar-refractivity contribution in [2.75, 3.05) is 12.5 Å². The van der Waals surface area contributed by atoms with Crippen molar-refractivity contribution in [2.45, 2.75) is 0 Å². The number of methoxy groups -OCH3 is 1. The van der Waals surface area contributed by atoms with Gasteiger partial charge in [0.05, 0.1) is 18.4 Å². The molecule has 0 unspecified atom stereocenters. The van der Waals surface area contributed by atoms with Crippen LogP contribution < -0.4 is 5.43 Å². The summed E-state index contributed by atoms with van der Waals surface area (Å²) in [7, 11) is 1.20. The Hall–Kier alpha value is -3.20. The molecule has 0 bridgehead atoms. The number of hydrogen-bond donors (Lipinski definition) is 1. The van der Waals surface area contributed by atoms with Crippen molar-refractivity contribution in [1.82, 2.24) is 0 Å². The molecule has 0 spiro atoms. The van der Waals surface area contributed by atoms with Crippen LogP contribution in [-0.4, -0.2) is 24.6 Å². The summed E-state index contributed by atoms with van der Waals surface area (Å²) in [6.45, 7) is 0. The van der Waals surface area contributed by atoms with Crippen molar-refractivity contribution in [3.8, 4) is 12.1 Å². The van der Waals surface area contributed by atoms with E-state index in [2.05, 4.69) is 15.3 Å². The molecule has 7 nitrogen and oxygen atoms in total. The van der Waals surface area contributed by atoms with Crippen LogP contribution in [0, 0.1) is 22.7 Å². The number of halogens is 1. The van der Waals surface area contributed by atoms with Gasteiger partial charge in [-0.2, -0.15) is 15.6 Å². The Morgan fingerprint density at radius 1 is 1.28 bits per heavy atom. The van der Waals surface area contributed by atoms with E-state index in [4.69, 9.17) is 16.9 Å². The molecule has 1 aromatic heterocycles. The van der Waals surface area contributed by atoms with Crippen LogP contribution in [0.4, 0.5) is 5.69 Å². The molecule has 2 rings (SSSR count). The van der Waals surface area contributed by atoms with Crippen LogP contribution in [0.5, 0.6) is 0 Å². The van der Waals surface area contributed by atoms with Gasteiger partial charge in [-0.3, -0.25) is 10.2 Å². The minimum absolute atomic E-state index is 0.0796. The second-order valence-electron chi connectivity index (χ2n) is 4.48. The van der Waals surface area contributed by atoms with Crippen LogP contribution in [0.2, 0.25) is 5.02 Å². The monoisotopic (exact) mass is 372 g/mol. The quantitative estimate of drug-likeness (QED) is 0.373. The van der Waals surface area contributed by atoms with Crippen molar-refractivity contribution in [2.24, 2.45) is 5.10 Å². The molecule has 0 aliphatic heterocycles. The molecule has 9 heteroatoms. The van der Waals surface area contributed by atoms with Crippen LogP contribution in [-0.2, 0) is 4.74 Å². The number of hydrazone groups is 1. The number of ether oxygens (including phenoxy) is 1. The van der Waals surface area contributed by atoms with E-state index in [0.29, 0.717) is 5.02 Å². The van der Waals surface area contributed by atoms with Crippen molar-refractivity contribution in [3.05, 3.63) is 50.7 Å². The van der Waals surface area contributed by atoms with Gasteiger partial charge in [-0.05, 0) is 24.3 Å². The second kappa shape index (κ2) is 8.06. The van der Waals surface area contributed by atoms with Crippen LogP contribution in [0.1, 0.15) is 25.6 Å². The Bertz CT molecular complexity index is 936. The maximum atomic E-state index is 12.3. The van der Waals surface area contributed by atoms with E-state index in [0.717, 1.165) is 11.3 Å². The number of esters is 1. The molecule has 2 aromatic rings. The van der Waals surface area contributed by atoms with Crippen molar-refractivity contribution >= 4 is 46.1 Å². The maximum Gasteiger partial charge on any atom is 0.350 e. The molecule has 0 fully saturated rings. The van der Waals surface area contributed by atoms with E-state index in [1.807, 2.05) is 6.07 Å². The Labute approximate surface area is 151 Å². The number of Topliss-reactive ketones (excluding diaryl/α,β-unsaturated/α-hetero) is 1. The number of benzene rings is 1. The summed E-state index contributed by atoms with van der Waals surface area (Å²) < 4.78 is 4.63. The van der Waals surface area contributed by atoms with Gasteiger partial charge in [-0.1, -0.05) is 11.6 Å². The van der Waals surface area contributed by atoms with Gasteiger partial charge in [0.15, 0.2) is 0 Å². The van der Waals surface area contributed by atoms with Gasteiger partial charge >= 0.3 is 5.97 Å². The summed E-state index contributed by atoms with van der Waals surface area (Å²) in [5, 5.41) is 23.9. The highest BCUT2D eigenvalue weighted by molar-refractivity contribution is 7.12. The predicted molar refractivity (Wildman–Crippen MR) is 92.8 cm³/mol. The summed E-state index contributed by atoms with van der Waals surface area (Å²) in [6.07, 6.45) is 0. The van der Waals surface area contributed by atoms with Gasteiger partial charge in [0.25, 0.3) is 0 Å². The lowest BCUT2D eigenvalue weighted by atomic mass is 10.1. The molecule has 0 atom stereocenters. The van der Waals surface area contributed by atoms with Gasteiger partial charge < -0.3 is 4.74 Å². The fourth-order valence-corrected chi connectivity index (χ4v) is 2.76. The zero-order chi connectivity index (χ0) is 18.4. The molecule has 1 aromatic carbocycles. The fourth-order valence-electron chi connectivity index (χ4n) is 1.77. The number of carbonyl (C=O) groups is 2. The normalized spacial score (nSPS) is 10.5. The van der Waals surface area contributed by atoms with E-state index in [1.165, 1.54) is 36.8 Å². The lowest BCUT2D eigenvalue weighted by Crippen LogP contribution is -2.14. The van der Waals surface area contributed by atoms with Crippen molar-refractivity contribution in [3.63, 3.8) is 0 Å². The Kier molecular flexibility index (Phi) is 5.85. The molecule has 0 aliphatic carbocycles. The highest BCUT2D eigenvalue weighted by Crippen LogP contribution is 2.28. The Morgan fingerprint density at radius 2 is 1.96 bits per heavy atom. The van der Waals surface area contributed by atoms with Gasteiger partial charge in [-0.25, -0.2) is 4.79 Å². The molecular weight excluding hydrogens is 364 g/mol. The fraction of sp³-hybridized carbons (Fsp3) is 0.0625. The van der Waals surface area contributed by atoms with Crippen LogP contribution >= 0.6 is 22.9 Å². The number of rotatable bonds is 5. The topological polar surface area (TPSA) is 115 Å². The second-order valence-corrected chi connectivity index (χ2v) is 5.79. The van der Waals surface area contributed by atoms with E-state index in [9.17, 15) is 14.9 Å². The third kappa shape index (κ3) is 4.01. The molecule has 0 saturated heterocycles. The highest BCUT2D eigenvalue weighted by Gasteiger charge is 2.20. The van der Waals surface area contributed by atoms with E-state index < -0.39 is 17.5 Å². The summed E-state index contributed by atoms with van der Waals surface area (Å²) in [4.78, 5) is 24.1. The first kappa shape index (κ1) is 18.1. The minimum atomic E-state index is -0.660. The van der Waals surface area contributed by atoms with Gasteiger partial charge in [0.2, 0.25) is 11.5 Å². The molecular formula is C16H9ClN4O3S. The van der Waals surface area contributed by atoms with Crippen molar-refractivity contribution < 1.29 is 14.3 Å². The third-order valence-electron chi connectivity index (χ3n) is 2.99. The Balaban J connectivity index is 2.33. The molecule has 0 saturated carbocycles. The molecule has 25 heavy (non-hydrogen) atoms. The highest BCUT2D eigenvalue weighted by atomic mass is 35.5. The first-order valence-electron chi connectivity index (χ1n) is 6.65. The average molecular weight is 373 g/mol. The number of carbonyl (C=O) groups excluding carboxylic acids is 2. The van der Waals surface area contributed by atoms with Crippen LogP contribution in [0.3, 0.4) is 0 Å². The molecule has 0 radical (unpaired) electrons. The number of anilines is 1. The van der Waals surface area contributed by atoms with E-state index in [-0.39, 0.29) is 21.7 Å². The maximum absolute atomic E-state index is 12.3. The number of hydrogen-bond acceptors (Lipinski definition) is 8. The first-order valence-corrected chi connectivity index (χ1v) is 7.91. The Morgan fingerprint density at radius 3 is 2.52 bits per heavy atom. The lowest BCUT2D eigenvalue weighted by Gasteiger charge is -2.03. The van der Waals surface area contributed by atoms with Gasteiger partial charge in [0.1, 0.15) is 17.0 Å². The number of ketones is 1. The molecule has 1 N–H and O–H groups in total. The third-order valence-corrected chi connectivity index (χ3v) is 4.20. The van der Waals surface area contributed by atoms with E-state index >= 15 is 0 Å². The van der Waals surface area contributed by atoms with Crippen molar-refractivity contribution in [1.29, 1.82) is 10.5 Å². The lowest BCUT2D eigenvalue weighted by molar-refractivity contribution is 0.0607. The van der Waals surface area contributed by atoms with Crippen LogP contribution in [0.15, 0.2) is 34.7 Å². The zero-order valence-electron chi connectivity index (χ0n) is 12.7. The van der Waals surface area contributed by atoms with Gasteiger partial charge in [-0.15, -0.1) is 11.3 Å². The molecule has 1 heterocycles. The summed E-state index contributed by atoms with van der Waals surface area (Å²) in [5.74, 6) is -1.29. The molecule has 0 aliphatic rings. The predicted octanol–water partition coefficient (Wildman–Crippen LogP) is 3.23. The number of thiophene rings is 1. The summed E-state index contributed by atoms with van der Waals surface area (Å²) in [5.41, 5.74) is 2.46. The minimum Gasteiger partial charge on any atom is -0.465 e. The van der Waals surface area contributed by atoms with Gasteiger partial charge in [0, 0.05) is 16.0 Å². The number of nitrogens with zero attached hydrogens (tertiary/aromatic N) is 3. The average Bonchev–Trinajstić information content (AvgIpc) is 3.05. The first-order chi connectivity index (χ1) is 12.0. The number of nitrogens with one attached hydrogen (secondary N) is 1. The number of nitriles is 2. The smallest absolute Gasteiger partial charge is 0.350 e. The molecule has 124 valence electrons. The van der Waals surface area contributed by atoms with Crippen LogP contribution in [0.25, 0.3) is 0 Å². The largest absolute Gasteiger partial charge is 0.465 e. The standard InChI is InChI=1S/C16H9ClN4O3S/c1-24-16(23)15-13(10(6-18)8-25-15)21-20-12(7-19)14(22)9-2-4-11(17)5-3-9/h2-5,8,21H,1H3/b20-12+. The zero-order valence-corrected chi connectivity index (χ0v) is 14.3. The molecule has 0 amide bonds. The summed E-state index contributed by atoms with van der Waals surface area (Å²) >= 11 is 6.75. The van der Waals surface area contributed by atoms with E-state index in [1.54, 1.807) is 6.07 Å². The SMILES string of the molecule is COC(=O)c1scc(C#N)c1N/N=C(\C#N)C(=O)c1ccc(Cl)cc1. The summed E-state index contributed by atoms with van der Waals surface area (Å²) in [6, 6.07) is 9.53.